The molecule has 0 aromatic carbocycles. The van der Waals surface area contributed by atoms with Gasteiger partial charge in [-0.3, -0.25) is 9.80 Å². The normalized spacial score (nSPS) is 10.0. The lowest BCUT2D eigenvalue weighted by molar-refractivity contribution is -0.140. The highest BCUT2D eigenvalue weighted by Gasteiger charge is 2.03. The van der Waals surface area contributed by atoms with Crippen molar-refractivity contribution in [3.8, 4) is 0 Å². The summed E-state index contributed by atoms with van der Waals surface area (Å²) in [6.07, 6.45) is 2.71. The third-order valence-corrected chi connectivity index (χ3v) is 2.51. The lowest BCUT2D eigenvalue weighted by Crippen LogP contribution is -2.33. The molecule has 0 fully saturated rings. The van der Waals surface area contributed by atoms with E-state index in [2.05, 4.69) is 11.6 Å². The van der Waals surface area contributed by atoms with Crippen LogP contribution in [0.1, 0.15) is 6.92 Å². The van der Waals surface area contributed by atoms with Crippen LogP contribution in [0.3, 0.4) is 0 Å². The van der Waals surface area contributed by atoms with Crippen molar-refractivity contribution in [2.45, 2.75) is 6.92 Å². The number of rotatable bonds is 5. The summed E-state index contributed by atoms with van der Waals surface area (Å²) in [6, 6.07) is 0. The number of hydrazine groups is 1. The summed E-state index contributed by atoms with van der Waals surface area (Å²) in [5, 5.41) is 1.20. The Morgan fingerprint density at radius 3 is 3.00 bits per heavy atom. The molecule has 0 spiro atoms. The van der Waals surface area contributed by atoms with Crippen LogP contribution in [0, 0.1) is 0 Å². The van der Waals surface area contributed by atoms with Gasteiger partial charge in [0.05, 0.1) is 0 Å². The SMILES string of the molecule is C=C/N=C\N(N)C(=S)SCCOC(C)=O. The Labute approximate surface area is 98.3 Å². The third kappa shape index (κ3) is 8.10. The molecule has 0 aromatic heterocycles. The summed E-state index contributed by atoms with van der Waals surface area (Å²) in [7, 11) is 0. The molecule has 2 N–H and O–H groups in total. The van der Waals surface area contributed by atoms with E-state index in [-0.39, 0.29) is 5.97 Å². The van der Waals surface area contributed by atoms with Crippen LogP contribution in [0.2, 0.25) is 0 Å². The van der Waals surface area contributed by atoms with Crippen molar-refractivity contribution in [3.63, 3.8) is 0 Å². The molecule has 0 aliphatic rings. The number of hydrogen-bond acceptors (Lipinski definition) is 6. The molecule has 0 aliphatic carbocycles. The Kier molecular flexibility index (Phi) is 7.88. The number of hydrogen-bond donors (Lipinski definition) is 1. The fourth-order valence-electron chi connectivity index (χ4n) is 0.555. The summed E-state index contributed by atoms with van der Waals surface area (Å²) in [5.74, 6) is 5.77. The first-order valence-corrected chi connectivity index (χ1v) is 5.45. The minimum atomic E-state index is -0.306. The van der Waals surface area contributed by atoms with Crippen molar-refractivity contribution in [2.24, 2.45) is 10.8 Å². The molecule has 0 saturated heterocycles. The van der Waals surface area contributed by atoms with Crippen molar-refractivity contribution in [1.82, 2.24) is 5.01 Å². The van der Waals surface area contributed by atoms with Crippen LogP contribution >= 0.6 is 24.0 Å². The van der Waals surface area contributed by atoms with Crippen LogP contribution in [0.25, 0.3) is 0 Å². The van der Waals surface area contributed by atoms with Crippen molar-refractivity contribution in [2.75, 3.05) is 12.4 Å². The summed E-state index contributed by atoms with van der Waals surface area (Å²) < 4.78 is 5.18. The number of nitrogens with two attached hydrogens (primary N) is 1. The number of carbonyl (C=O) groups is 1. The zero-order valence-corrected chi connectivity index (χ0v) is 10.0. The van der Waals surface area contributed by atoms with Crippen LogP contribution in [0.4, 0.5) is 0 Å². The Morgan fingerprint density at radius 1 is 1.80 bits per heavy atom. The molecule has 0 aliphatic heterocycles. The minimum Gasteiger partial charge on any atom is -0.465 e. The van der Waals surface area contributed by atoms with E-state index in [0.29, 0.717) is 16.7 Å². The van der Waals surface area contributed by atoms with E-state index in [9.17, 15) is 4.79 Å². The summed E-state index contributed by atoms with van der Waals surface area (Å²) >= 11 is 6.27. The maximum Gasteiger partial charge on any atom is 0.302 e. The number of esters is 1. The smallest absolute Gasteiger partial charge is 0.302 e. The Morgan fingerprint density at radius 2 is 2.47 bits per heavy atom. The average molecular weight is 247 g/mol. The van der Waals surface area contributed by atoms with Gasteiger partial charge in [0.15, 0.2) is 4.32 Å². The van der Waals surface area contributed by atoms with Gasteiger partial charge in [0, 0.05) is 18.9 Å². The van der Waals surface area contributed by atoms with E-state index >= 15 is 0 Å². The number of nitrogens with zero attached hydrogens (tertiary/aromatic N) is 2. The van der Waals surface area contributed by atoms with E-state index in [0.717, 1.165) is 0 Å². The maximum atomic E-state index is 10.4. The van der Waals surface area contributed by atoms with Gasteiger partial charge in [0.25, 0.3) is 0 Å². The fraction of sp³-hybridized carbons (Fsp3) is 0.375. The topological polar surface area (TPSA) is 67.9 Å². The first kappa shape index (κ1) is 14.1. The number of thioether (sulfide) groups is 1. The first-order valence-electron chi connectivity index (χ1n) is 4.06. The van der Waals surface area contributed by atoms with Crippen molar-refractivity contribution in [3.05, 3.63) is 12.8 Å². The second-order valence-corrected chi connectivity index (χ2v) is 4.04. The van der Waals surface area contributed by atoms with E-state index in [1.54, 1.807) is 0 Å². The highest BCUT2D eigenvalue weighted by atomic mass is 32.2. The lowest BCUT2D eigenvalue weighted by Gasteiger charge is -2.12. The van der Waals surface area contributed by atoms with Gasteiger partial charge in [0.2, 0.25) is 0 Å². The Balaban J connectivity index is 3.68. The van der Waals surface area contributed by atoms with Crippen LogP contribution < -0.4 is 5.84 Å². The number of ether oxygens (including phenoxy) is 1. The number of carbonyl (C=O) groups excluding carboxylic acids is 1. The van der Waals surface area contributed by atoms with Gasteiger partial charge in [-0.2, -0.15) is 0 Å². The van der Waals surface area contributed by atoms with Crippen LogP contribution in [0.5, 0.6) is 0 Å². The van der Waals surface area contributed by atoms with Gasteiger partial charge < -0.3 is 4.74 Å². The van der Waals surface area contributed by atoms with E-state index in [4.69, 9.17) is 22.8 Å². The molecule has 0 aromatic rings. The average Bonchev–Trinajstić information content (AvgIpc) is 2.20. The summed E-state index contributed by atoms with van der Waals surface area (Å²) in [4.78, 5) is 14.1. The predicted octanol–water partition coefficient (Wildman–Crippen LogP) is 0.915. The Hall–Kier alpha value is -0.920. The third-order valence-electron chi connectivity index (χ3n) is 1.12. The molecule has 84 valence electrons. The zero-order valence-electron chi connectivity index (χ0n) is 8.38. The molecule has 0 saturated carbocycles. The van der Waals surface area contributed by atoms with Crippen molar-refractivity contribution in [1.29, 1.82) is 0 Å². The van der Waals surface area contributed by atoms with Crippen LogP contribution in [-0.2, 0) is 9.53 Å². The first-order chi connectivity index (χ1) is 7.07. The van der Waals surface area contributed by atoms with Crippen LogP contribution in [-0.4, -0.2) is 34.0 Å². The highest BCUT2D eigenvalue weighted by molar-refractivity contribution is 8.22. The van der Waals surface area contributed by atoms with E-state index in [1.165, 1.54) is 36.2 Å². The standard InChI is InChI=1S/C8H13N3O2S2/c1-3-10-6-11(9)8(14)15-5-4-13-7(2)12/h3,6H,1,4-5,9H2,2H3/b10-6-. The highest BCUT2D eigenvalue weighted by Crippen LogP contribution is 2.05. The van der Waals surface area contributed by atoms with Gasteiger partial charge in [-0.25, -0.2) is 10.8 Å². The van der Waals surface area contributed by atoms with Gasteiger partial charge in [-0.1, -0.05) is 30.6 Å². The number of aliphatic imine (C=N–C) groups is 1. The fourth-order valence-corrected chi connectivity index (χ4v) is 1.39. The Bertz CT molecular complexity index is 269. The number of thiocarbonyl (C=S) groups is 1. The van der Waals surface area contributed by atoms with Gasteiger partial charge in [-0.15, -0.1) is 0 Å². The quantitative estimate of drug-likeness (QED) is 0.148. The van der Waals surface area contributed by atoms with Crippen molar-refractivity contribution < 1.29 is 9.53 Å². The zero-order chi connectivity index (χ0) is 11.7. The van der Waals surface area contributed by atoms with Gasteiger partial charge in [-0.05, 0) is 0 Å². The molecule has 15 heavy (non-hydrogen) atoms. The molecule has 0 heterocycles. The van der Waals surface area contributed by atoms with Gasteiger partial charge >= 0.3 is 5.97 Å². The molecular weight excluding hydrogens is 234 g/mol. The molecule has 0 radical (unpaired) electrons. The largest absolute Gasteiger partial charge is 0.465 e. The summed E-state index contributed by atoms with van der Waals surface area (Å²) in [6.45, 7) is 5.07. The van der Waals surface area contributed by atoms with E-state index < -0.39 is 0 Å². The van der Waals surface area contributed by atoms with Gasteiger partial charge in [0.1, 0.15) is 12.9 Å². The minimum absolute atomic E-state index is 0.306. The molecule has 7 heteroatoms. The molecule has 5 nitrogen and oxygen atoms in total. The summed E-state index contributed by atoms with van der Waals surface area (Å²) in [5.41, 5.74) is 0. The second-order valence-electron chi connectivity index (χ2n) is 2.31. The predicted molar refractivity (Wildman–Crippen MR) is 66.4 cm³/mol. The molecule has 0 atom stereocenters. The molecular formula is C8H13N3O2S2. The molecule has 0 rings (SSSR count). The van der Waals surface area contributed by atoms with Crippen LogP contribution in [0.15, 0.2) is 17.8 Å². The molecule has 0 amide bonds. The molecule has 0 bridgehead atoms. The lowest BCUT2D eigenvalue weighted by atomic mass is 10.8. The monoisotopic (exact) mass is 247 g/mol. The second kappa shape index (κ2) is 8.39. The maximum absolute atomic E-state index is 10.4. The van der Waals surface area contributed by atoms with E-state index in [1.807, 2.05) is 0 Å². The van der Waals surface area contributed by atoms with Crippen molar-refractivity contribution >= 4 is 40.6 Å². The molecule has 0 unspecified atom stereocenters.